The average Bonchev–Trinajstić information content (AvgIpc) is 3.04. The van der Waals surface area contributed by atoms with Crippen LogP contribution in [0.3, 0.4) is 0 Å². The van der Waals surface area contributed by atoms with Gasteiger partial charge in [-0.2, -0.15) is 8.78 Å². The first-order valence-corrected chi connectivity index (χ1v) is 15.7. The quantitative estimate of drug-likeness (QED) is 0.0534. The lowest BCUT2D eigenvalue weighted by Crippen LogP contribution is -2.25. The predicted octanol–water partition coefficient (Wildman–Crippen LogP) is 13.2. The van der Waals surface area contributed by atoms with Gasteiger partial charge in [-0.25, -0.2) is 39.5 Å². The molecule has 52 heavy (non-hydrogen) atoms. The Morgan fingerprint density at radius 2 is 1.12 bits per heavy atom. The molecule has 5 aromatic rings. The molecule has 270 valence electrons. The normalized spacial score (nSPS) is 11.8. The van der Waals surface area contributed by atoms with Crippen molar-refractivity contribution in [3.05, 3.63) is 160 Å². The molecule has 1 nitrogen and oxygen atoms in total. The van der Waals surface area contributed by atoms with Gasteiger partial charge in [-0.15, -0.1) is 6.58 Å². The average molecular weight is 753 g/mol. The Hall–Kier alpha value is -5.10. The number of allylic oxidation sites excluding steroid dienone is 3. The molecule has 0 N–H and O–H groups in total. The topological polar surface area (TPSA) is 9.23 Å². The second-order valence-corrected chi connectivity index (χ2v) is 11.9. The van der Waals surface area contributed by atoms with Gasteiger partial charge in [0.05, 0.1) is 10.6 Å². The zero-order valence-corrected chi connectivity index (χ0v) is 27.3. The Labute approximate surface area is 295 Å². The van der Waals surface area contributed by atoms with Crippen LogP contribution in [0.2, 0.25) is 5.02 Å². The third kappa shape index (κ3) is 8.17. The lowest BCUT2D eigenvalue weighted by molar-refractivity contribution is -0.189. The van der Waals surface area contributed by atoms with Crippen LogP contribution < -0.4 is 4.74 Å². The molecule has 0 heterocycles. The number of alkyl halides is 2. The van der Waals surface area contributed by atoms with Gasteiger partial charge < -0.3 is 4.74 Å². The molecule has 5 aromatic carbocycles. The monoisotopic (exact) mass is 752 g/mol. The van der Waals surface area contributed by atoms with Crippen LogP contribution in [0.4, 0.5) is 48.3 Å². The van der Waals surface area contributed by atoms with Crippen LogP contribution in [0.25, 0.3) is 33.4 Å². The first kappa shape index (κ1) is 38.1. The van der Waals surface area contributed by atoms with Gasteiger partial charge in [-0.05, 0) is 96.5 Å². The van der Waals surface area contributed by atoms with Crippen molar-refractivity contribution in [2.75, 3.05) is 0 Å². The highest BCUT2D eigenvalue weighted by Crippen LogP contribution is 2.42. The summed E-state index contributed by atoms with van der Waals surface area (Å²) in [6.45, 7) is 3.63. The summed E-state index contributed by atoms with van der Waals surface area (Å²) >= 11 is 6.05. The van der Waals surface area contributed by atoms with Gasteiger partial charge in [-0.1, -0.05) is 42.0 Å². The molecule has 0 aromatic heterocycles. The summed E-state index contributed by atoms with van der Waals surface area (Å²) < 4.78 is 166. The lowest BCUT2D eigenvalue weighted by Gasteiger charge is -2.21. The summed E-state index contributed by atoms with van der Waals surface area (Å²) in [4.78, 5) is 0. The summed E-state index contributed by atoms with van der Waals surface area (Å²) in [5, 5.41) is -0.741. The van der Waals surface area contributed by atoms with E-state index in [9.17, 15) is 26.3 Å². The van der Waals surface area contributed by atoms with E-state index in [-0.39, 0.29) is 11.1 Å². The van der Waals surface area contributed by atoms with E-state index in [0.717, 1.165) is 12.8 Å². The molecular formula is C39H24ClF11O. The lowest BCUT2D eigenvalue weighted by atomic mass is 9.98. The fraction of sp³-hybridized carbons (Fsp3) is 0.128. The van der Waals surface area contributed by atoms with Gasteiger partial charge in [-0.3, -0.25) is 0 Å². The van der Waals surface area contributed by atoms with Crippen LogP contribution >= 0.6 is 11.6 Å². The molecule has 0 saturated carbocycles. The van der Waals surface area contributed by atoms with Crippen LogP contribution in [0.5, 0.6) is 5.75 Å². The SMILES string of the molecule is C=CCCC=CCCc1ccc(-c2cc(F)c(C(F)(F)Oc3cc(F)c(-c4cc(F)c(-c5cc(F)c(F)c(F)c5)c(F)c4)c(Cl)c3)c(F)c2)c(F)c1. The van der Waals surface area contributed by atoms with Crippen molar-refractivity contribution in [3.8, 4) is 39.1 Å². The van der Waals surface area contributed by atoms with Crippen LogP contribution in [0.15, 0.2) is 91.5 Å². The molecule has 0 aliphatic carbocycles. The number of unbranched alkanes of at least 4 members (excludes halogenated alkanes) is 1. The van der Waals surface area contributed by atoms with Crippen molar-refractivity contribution >= 4 is 11.6 Å². The summed E-state index contributed by atoms with van der Waals surface area (Å²) in [5.41, 5.74) is -4.98. The Balaban J connectivity index is 1.37. The van der Waals surface area contributed by atoms with E-state index in [1.54, 1.807) is 6.08 Å². The molecule has 0 spiro atoms. The fourth-order valence-corrected chi connectivity index (χ4v) is 5.74. The molecule has 0 radical (unpaired) electrons. The van der Waals surface area contributed by atoms with E-state index >= 15 is 22.0 Å². The second kappa shape index (κ2) is 15.6. The molecule has 0 aliphatic heterocycles. The Morgan fingerprint density at radius 3 is 1.69 bits per heavy atom. The van der Waals surface area contributed by atoms with Crippen LogP contribution in [0, 0.1) is 52.4 Å². The molecule has 0 bridgehead atoms. The summed E-state index contributed by atoms with van der Waals surface area (Å²) in [5.74, 6) is -15.3. The van der Waals surface area contributed by atoms with Crippen LogP contribution in [0.1, 0.15) is 30.4 Å². The van der Waals surface area contributed by atoms with Gasteiger partial charge in [0.1, 0.15) is 46.2 Å². The maximum atomic E-state index is 15.2. The first-order chi connectivity index (χ1) is 24.6. The Kier molecular flexibility index (Phi) is 11.5. The third-order valence-electron chi connectivity index (χ3n) is 7.85. The summed E-state index contributed by atoms with van der Waals surface area (Å²) in [7, 11) is 0. The zero-order valence-electron chi connectivity index (χ0n) is 26.6. The largest absolute Gasteiger partial charge is 0.432 e. The fourth-order valence-electron chi connectivity index (χ4n) is 5.43. The van der Waals surface area contributed by atoms with Crippen molar-refractivity contribution in [3.63, 3.8) is 0 Å². The number of ether oxygens (including phenoxy) is 1. The zero-order chi connectivity index (χ0) is 37.9. The van der Waals surface area contributed by atoms with Crippen molar-refractivity contribution in [1.82, 2.24) is 0 Å². The molecule has 13 heteroatoms. The van der Waals surface area contributed by atoms with Crippen molar-refractivity contribution in [2.45, 2.75) is 31.8 Å². The number of halogens is 12. The third-order valence-corrected chi connectivity index (χ3v) is 8.14. The molecule has 0 saturated heterocycles. The van der Waals surface area contributed by atoms with Crippen molar-refractivity contribution in [1.29, 1.82) is 0 Å². The first-order valence-electron chi connectivity index (χ1n) is 15.4. The van der Waals surface area contributed by atoms with Crippen molar-refractivity contribution in [2.24, 2.45) is 0 Å². The number of hydrogen-bond acceptors (Lipinski definition) is 1. The maximum absolute atomic E-state index is 15.2. The minimum atomic E-state index is -4.79. The minimum absolute atomic E-state index is 0.263. The summed E-state index contributed by atoms with van der Waals surface area (Å²) in [6.07, 6.45) is 3.57. The van der Waals surface area contributed by atoms with E-state index < -0.39 is 97.1 Å². The second-order valence-electron chi connectivity index (χ2n) is 11.5. The van der Waals surface area contributed by atoms with Gasteiger partial charge in [0.25, 0.3) is 0 Å². The molecule has 0 atom stereocenters. The predicted molar refractivity (Wildman–Crippen MR) is 175 cm³/mol. The minimum Gasteiger partial charge on any atom is -0.429 e. The van der Waals surface area contributed by atoms with Gasteiger partial charge in [0.15, 0.2) is 17.5 Å². The molecule has 0 unspecified atom stereocenters. The van der Waals surface area contributed by atoms with Crippen LogP contribution in [-0.2, 0) is 12.5 Å². The van der Waals surface area contributed by atoms with Gasteiger partial charge >= 0.3 is 6.11 Å². The molecule has 0 amide bonds. The Bertz CT molecular complexity index is 2100. The van der Waals surface area contributed by atoms with E-state index in [1.165, 1.54) is 18.2 Å². The maximum Gasteiger partial charge on any atom is 0.432 e. The van der Waals surface area contributed by atoms with Gasteiger partial charge in [0, 0.05) is 17.2 Å². The highest BCUT2D eigenvalue weighted by Gasteiger charge is 2.41. The van der Waals surface area contributed by atoms with Crippen molar-refractivity contribution < 1.29 is 53.0 Å². The van der Waals surface area contributed by atoms with E-state index in [2.05, 4.69) is 11.3 Å². The van der Waals surface area contributed by atoms with E-state index in [1.807, 2.05) is 12.2 Å². The van der Waals surface area contributed by atoms with E-state index in [4.69, 9.17) is 11.6 Å². The molecule has 5 rings (SSSR count). The highest BCUT2D eigenvalue weighted by molar-refractivity contribution is 6.33. The molecule has 0 fully saturated rings. The number of benzene rings is 5. The summed E-state index contributed by atoms with van der Waals surface area (Å²) in [6, 6.07) is 7.52. The standard InChI is InChI=1S/C39H24ClF11O/c1-2-3-4-5-6-7-8-20-9-10-25(27(41)11-20)21-12-31(45)37(32(46)13-21)39(50,51)52-24-18-26(40)35(30(44)19-24)22-14-28(42)36(29(43)15-22)23-16-33(47)38(49)34(48)17-23/h2,5-6,9-19H,1,3-4,7-8H2. The Morgan fingerprint density at radius 1 is 0.577 bits per heavy atom. The number of hydrogen-bond donors (Lipinski definition) is 0. The van der Waals surface area contributed by atoms with E-state index in [0.29, 0.717) is 66.9 Å². The van der Waals surface area contributed by atoms with Crippen LogP contribution in [-0.4, -0.2) is 0 Å². The number of aryl methyl sites for hydroxylation is 1. The molecule has 0 aliphatic rings. The molecular weight excluding hydrogens is 729 g/mol. The highest BCUT2D eigenvalue weighted by atomic mass is 35.5. The smallest absolute Gasteiger partial charge is 0.429 e. The van der Waals surface area contributed by atoms with Gasteiger partial charge in [0.2, 0.25) is 0 Å². The number of rotatable bonds is 12.